The SMILES string of the molecule is CN(C)S(=O)(=O)c1cccc(C(=O)O[C@@H](C(=O)NC2CC2)c2ccccc2)c1. The number of sulfonamides is 1. The Morgan fingerprint density at radius 3 is 2.36 bits per heavy atom. The molecule has 148 valence electrons. The molecule has 0 unspecified atom stereocenters. The van der Waals surface area contributed by atoms with Gasteiger partial charge in [0, 0.05) is 25.7 Å². The molecule has 28 heavy (non-hydrogen) atoms. The predicted octanol–water partition coefficient (Wildman–Crippen LogP) is 2.11. The molecular weight excluding hydrogens is 380 g/mol. The molecular formula is C20H22N2O5S. The molecule has 0 saturated heterocycles. The van der Waals surface area contributed by atoms with E-state index in [0.29, 0.717) is 5.56 Å². The van der Waals surface area contributed by atoms with E-state index in [2.05, 4.69) is 5.32 Å². The average molecular weight is 402 g/mol. The summed E-state index contributed by atoms with van der Waals surface area (Å²) in [6.07, 6.45) is 0.709. The molecule has 0 bridgehead atoms. The van der Waals surface area contributed by atoms with Crippen LogP contribution in [0, 0.1) is 0 Å². The van der Waals surface area contributed by atoms with Gasteiger partial charge in [0.25, 0.3) is 5.91 Å². The number of carbonyl (C=O) groups excluding carboxylic acids is 2. The van der Waals surface area contributed by atoms with Gasteiger partial charge in [-0.25, -0.2) is 17.5 Å². The van der Waals surface area contributed by atoms with Crippen LogP contribution in [-0.2, 0) is 19.6 Å². The number of nitrogens with zero attached hydrogens (tertiary/aromatic N) is 1. The predicted molar refractivity (Wildman–Crippen MR) is 103 cm³/mol. The van der Waals surface area contributed by atoms with Gasteiger partial charge in [-0.3, -0.25) is 4.79 Å². The van der Waals surface area contributed by atoms with Crippen LogP contribution in [-0.4, -0.2) is 44.7 Å². The van der Waals surface area contributed by atoms with Crippen molar-refractivity contribution in [3.05, 3.63) is 65.7 Å². The van der Waals surface area contributed by atoms with Crippen molar-refractivity contribution in [3.8, 4) is 0 Å². The van der Waals surface area contributed by atoms with Gasteiger partial charge in [-0.15, -0.1) is 0 Å². The molecule has 1 aliphatic carbocycles. The van der Waals surface area contributed by atoms with Crippen molar-refractivity contribution in [1.29, 1.82) is 0 Å². The average Bonchev–Trinajstić information content (AvgIpc) is 3.50. The third kappa shape index (κ3) is 4.58. The van der Waals surface area contributed by atoms with E-state index in [1.165, 1.54) is 38.4 Å². The maximum Gasteiger partial charge on any atom is 0.339 e. The zero-order valence-corrected chi connectivity index (χ0v) is 16.5. The summed E-state index contributed by atoms with van der Waals surface area (Å²) in [4.78, 5) is 25.2. The van der Waals surface area contributed by atoms with Crippen LogP contribution in [0.2, 0.25) is 0 Å². The second-order valence-electron chi connectivity index (χ2n) is 6.79. The monoisotopic (exact) mass is 402 g/mol. The van der Waals surface area contributed by atoms with Crippen LogP contribution in [0.15, 0.2) is 59.5 Å². The lowest BCUT2D eigenvalue weighted by Crippen LogP contribution is -2.33. The minimum absolute atomic E-state index is 0.0226. The molecule has 3 rings (SSSR count). The molecule has 1 fully saturated rings. The number of esters is 1. The van der Waals surface area contributed by atoms with Gasteiger partial charge in [-0.1, -0.05) is 36.4 Å². The zero-order chi connectivity index (χ0) is 20.3. The maximum atomic E-state index is 12.7. The fraction of sp³-hybridized carbons (Fsp3) is 0.300. The fourth-order valence-electron chi connectivity index (χ4n) is 2.57. The number of hydrogen-bond acceptors (Lipinski definition) is 5. The highest BCUT2D eigenvalue weighted by Crippen LogP contribution is 2.24. The van der Waals surface area contributed by atoms with Gasteiger partial charge in [0.05, 0.1) is 10.5 Å². The molecule has 0 spiro atoms. The van der Waals surface area contributed by atoms with Crippen LogP contribution in [0.5, 0.6) is 0 Å². The van der Waals surface area contributed by atoms with Gasteiger partial charge in [0.15, 0.2) is 0 Å². The maximum absolute atomic E-state index is 12.7. The summed E-state index contributed by atoms with van der Waals surface area (Å²) in [6.45, 7) is 0. The Bertz CT molecular complexity index is 969. The van der Waals surface area contributed by atoms with Crippen molar-refractivity contribution in [2.45, 2.75) is 29.9 Å². The van der Waals surface area contributed by atoms with Crippen LogP contribution in [0.1, 0.15) is 34.9 Å². The quantitative estimate of drug-likeness (QED) is 0.716. The summed E-state index contributed by atoms with van der Waals surface area (Å²) in [5.74, 6) is -1.16. The third-order valence-corrected chi connectivity index (χ3v) is 6.15. The van der Waals surface area contributed by atoms with Crippen molar-refractivity contribution < 1.29 is 22.7 Å². The van der Waals surface area contributed by atoms with Crippen LogP contribution in [0.25, 0.3) is 0 Å². The van der Waals surface area contributed by atoms with E-state index in [-0.39, 0.29) is 22.4 Å². The van der Waals surface area contributed by atoms with Gasteiger partial charge >= 0.3 is 5.97 Å². The van der Waals surface area contributed by atoms with E-state index in [1.54, 1.807) is 30.3 Å². The van der Waals surface area contributed by atoms with Crippen molar-refractivity contribution >= 4 is 21.9 Å². The Labute approximate surface area is 164 Å². The lowest BCUT2D eigenvalue weighted by molar-refractivity contribution is -0.130. The molecule has 8 heteroatoms. The van der Waals surface area contributed by atoms with E-state index < -0.39 is 22.1 Å². The minimum atomic E-state index is -3.69. The van der Waals surface area contributed by atoms with E-state index in [1.807, 2.05) is 0 Å². The Balaban J connectivity index is 1.85. The number of nitrogens with one attached hydrogen (secondary N) is 1. The standard InChI is InChI=1S/C20H22N2O5S/c1-22(2)28(25,26)17-10-6-9-15(13-17)20(24)27-18(14-7-4-3-5-8-14)19(23)21-16-11-12-16/h3-10,13,16,18H,11-12H2,1-2H3,(H,21,23)/t18-/m1/s1. The number of benzene rings is 2. The van der Waals surface area contributed by atoms with Crippen LogP contribution >= 0.6 is 0 Å². The Kier molecular flexibility index (Phi) is 5.81. The first-order chi connectivity index (χ1) is 13.3. The van der Waals surface area contributed by atoms with Gasteiger partial charge in [0.2, 0.25) is 16.1 Å². The molecule has 0 radical (unpaired) electrons. The number of amides is 1. The molecule has 7 nitrogen and oxygen atoms in total. The molecule has 1 atom stereocenters. The highest BCUT2D eigenvalue weighted by molar-refractivity contribution is 7.89. The van der Waals surface area contributed by atoms with E-state index in [9.17, 15) is 18.0 Å². The highest BCUT2D eigenvalue weighted by Gasteiger charge is 2.31. The van der Waals surface area contributed by atoms with Gasteiger partial charge in [0.1, 0.15) is 0 Å². The summed E-state index contributed by atoms with van der Waals surface area (Å²) in [5, 5.41) is 2.84. The lowest BCUT2D eigenvalue weighted by Gasteiger charge is -2.18. The Morgan fingerprint density at radius 1 is 1.07 bits per heavy atom. The van der Waals surface area contributed by atoms with E-state index in [4.69, 9.17) is 4.74 Å². The molecule has 1 aliphatic rings. The molecule has 0 heterocycles. The lowest BCUT2D eigenvalue weighted by atomic mass is 10.1. The number of ether oxygens (including phenoxy) is 1. The first-order valence-electron chi connectivity index (χ1n) is 8.88. The second kappa shape index (κ2) is 8.12. The molecule has 1 saturated carbocycles. The Hall–Kier alpha value is -2.71. The highest BCUT2D eigenvalue weighted by atomic mass is 32.2. The van der Waals surface area contributed by atoms with Gasteiger partial charge < -0.3 is 10.1 Å². The summed E-state index contributed by atoms with van der Waals surface area (Å²) in [7, 11) is -0.870. The van der Waals surface area contributed by atoms with Crippen molar-refractivity contribution in [2.75, 3.05) is 14.1 Å². The number of hydrogen-bond donors (Lipinski definition) is 1. The van der Waals surface area contributed by atoms with Crippen molar-refractivity contribution in [1.82, 2.24) is 9.62 Å². The molecule has 1 N–H and O–H groups in total. The molecule has 1 amide bonds. The van der Waals surface area contributed by atoms with Crippen LogP contribution in [0.3, 0.4) is 0 Å². The van der Waals surface area contributed by atoms with Crippen molar-refractivity contribution in [3.63, 3.8) is 0 Å². The summed E-state index contributed by atoms with van der Waals surface area (Å²) in [6, 6.07) is 14.4. The summed E-state index contributed by atoms with van der Waals surface area (Å²) in [5.41, 5.74) is 0.606. The normalized spacial score (nSPS) is 15.1. The number of carbonyl (C=O) groups is 2. The number of rotatable bonds is 7. The van der Waals surface area contributed by atoms with E-state index in [0.717, 1.165) is 17.1 Å². The van der Waals surface area contributed by atoms with Crippen molar-refractivity contribution in [2.24, 2.45) is 0 Å². The van der Waals surface area contributed by atoms with Crippen LogP contribution in [0.4, 0.5) is 0 Å². The minimum Gasteiger partial charge on any atom is -0.444 e. The third-order valence-electron chi connectivity index (χ3n) is 4.34. The molecule has 0 aromatic heterocycles. The summed E-state index contributed by atoms with van der Waals surface area (Å²) >= 11 is 0. The molecule has 0 aliphatic heterocycles. The first-order valence-corrected chi connectivity index (χ1v) is 10.3. The van der Waals surface area contributed by atoms with Crippen LogP contribution < -0.4 is 5.32 Å². The smallest absolute Gasteiger partial charge is 0.339 e. The van der Waals surface area contributed by atoms with E-state index >= 15 is 0 Å². The molecule has 2 aromatic rings. The fourth-order valence-corrected chi connectivity index (χ4v) is 3.52. The topological polar surface area (TPSA) is 92.8 Å². The molecule has 2 aromatic carbocycles. The second-order valence-corrected chi connectivity index (χ2v) is 8.95. The van der Waals surface area contributed by atoms with Gasteiger partial charge in [-0.2, -0.15) is 0 Å². The largest absolute Gasteiger partial charge is 0.444 e. The summed E-state index contributed by atoms with van der Waals surface area (Å²) < 4.78 is 31.1. The Morgan fingerprint density at radius 2 is 1.75 bits per heavy atom. The first kappa shape index (κ1) is 20.0. The zero-order valence-electron chi connectivity index (χ0n) is 15.7. The van der Waals surface area contributed by atoms with Gasteiger partial charge in [-0.05, 0) is 31.0 Å².